The number of aromatic hydroxyl groups is 1. The molecule has 1 saturated heterocycles. The van der Waals surface area contributed by atoms with Crippen molar-refractivity contribution < 1.29 is 23.5 Å². The molecule has 1 heterocycles. The summed E-state index contributed by atoms with van der Waals surface area (Å²) in [5.41, 5.74) is 6.29. The second-order valence-corrected chi connectivity index (χ2v) is 7.30. The molecule has 1 unspecified atom stereocenters. The number of carbonyl (C=O) groups excluding carboxylic acids is 2. The molecule has 3 aromatic carbocycles. The predicted molar refractivity (Wildman–Crippen MR) is 118 cm³/mol. The van der Waals surface area contributed by atoms with Crippen molar-refractivity contribution >= 4 is 17.4 Å². The van der Waals surface area contributed by atoms with Gasteiger partial charge in [0.05, 0.1) is 12.0 Å². The van der Waals surface area contributed by atoms with Gasteiger partial charge in [-0.05, 0) is 79.7 Å². The van der Waals surface area contributed by atoms with Crippen molar-refractivity contribution in [2.45, 2.75) is 18.9 Å². The van der Waals surface area contributed by atoms with Crippen LogP contribution < -0.4 is 10.6 Å². The number of Topliss-reactive ketones (excluding diaryl/α,β-unsaturated/α-hetero) is 1. The molecule has 0 radical (unpaired) electrons. The van der Waals surface area contributed by atoms with E-state index in [9.17, 15) is 23.5 Å². The van der Waals surface area contributed by atoms with E-state index in [-0.39, 0.29) is 29.9 Å². The number of rotatable bonds is 6. The van der Waals surface area contributed by atoms with Gasteiger partial charge in [0.15, 0.2) is 5.78 Å². The molecule has 1 aliphatic heterocycles. The topological polar surface area (TPSA) is 83.6 Å². The second-order valence-electron chi connectivity index (χ2n) is 7.30. The molecule has 3 N–H and O–H groups in total. The predicted octanol–water partition coefficient (Wildman–Crippen LogP) is 4.61. The summed E-state index contributed by atoms with van der Waals surface area (Å²) >= 11 is 0. The number of ketones is 1. The Hall–Kier alpha value is -3.58. The zero-order valence-corrected chi connectivity index (χ0v) is 17.5. The lowest BCUT2D eigenvalue weighted by atomic mass is 9.78. The molecule has 5 nitrogen and oxygen atoms in total. The zero-order valence-electron chi connectivity index (χ0n) is 17.5. The molecule has 2 atom stereocenters. The van der Waals surface area contributed by atoms with Crippen LogP contribution >= 0.6 is 0 Å². The Balaban J connectivity index is 0.00000141. The van der Waals surface area contributed by atoms with Crippen LogP contribution in [0.25, 0.3) is 0 Å². The first-order chi connectivity index (χ1) is 15.4. The standard InChI is InChI=1S/C24H19F2NO3.CH5N/c25-17-5-1-15(2-6-17)22(29)14-13-21-23(16-3-11-20(28)12-4-16)27(24(21)30)19-9-7-18(26)8-10-19;1-2/h1-12,21,23,28H,13-14H2;2H2,1H3/t21-,23?;/m1./s1. The lowest BCUT2D eigenvalue weighted by molar-refractivity contribution is -0.130. The molecule has 0 spiro atoms. The molecule has 32 heavy (non-hydrogen) atoms. The molecular formula is C25H24F2N2O3. The molecule has 0 aromatic heterocycles. The smallest absolute Gasteiger partial charge is 0.233 e. The molecule has 166 valence electrons. The van der Waals surface area contributed by atoms with E-state index in [1.54, 1.807) is 41.3 Å². The Morgan fingerprint density at radius 3 is 2.00 bits per heavy atom. The van der Waals surface area contributed by atoms with E-state index in [1.807, 2.05) is 0 Å². The van der Waals surface area contributed by atoms with Gasteiger partial charge in [-0.2, -0.15) is 0 Å². The van der Waals surface area contributed by atoms with Gasteiger partial charge >= 0.3 is 0 Å². The van der Waals surface area contributed by atoms with E-state index >= 15 is 0 Å². The molecule has 0 aliphatic carbocycles. The monoisotopic (exact) mass is 438 g/mol. The number of nitrogens with two attached hydrogens (primary N) is 1. The molecule has 0 bridgehead atoms. The van der Waals surface area contributed by atoms with E-state index in [4.69, 9.17) is 0 Å². The first-order valence-electron chi connectivity index (χ1n) is 10.2. The third-order valence-corrected chi connectivity index (χ3v) is 5.40. The fraction of sp³-hybridized carbons (Fsp3) is 0.200. The maximum absolute atomic E-state index is 13.3. The van der Waals surface area contributed by atoms with Crippen LogP contribution in [0.4, 0.5) is 14.5 Å². The van der Waals surface area contributed by atoms with Gasteiger partial charge < -0.3 is 15.7 Å². The second kappa shape index (κ2) is 10.2. The highest BCUT2D eigenvalue weighted by Crippen LogP contribution is 2.45. The number of β-lactam (4-membered cyclic amide) rings is 1. The van der Waals surface area contributed by atoms with E-state index in [0.29, 0.717) is 17.7 Å². The van der Waals surface area contributed by atoms with Crippen molar-refractivity contribution in [1.29, 1.82) is 0 Å². The maximum Gasteiger partial charge on any atom is 0.233 e. The summed E-state index contributed by atoms with van der Waals surface area (Å²) in [5, 5.41) is 9.59. The molecule has 4 rings (SSSR count). The molecule has 3 aromatic rings. The van der Waals surface area contributed by atoms with E-state index in [2.05, 4.69) is 5.73 Å². The van der Waals surface area contributed by atoms with Crippen LogP contribution in [0.1, 0.15) is 34.8 Å². The van der Waals surface area contributed by atoms with Gasteiger partial charge in [-0.25, -0.2) is 8.78 Å². The largest absolute Gasteiger partial charge is 0.508 e. The van der Waals surface area contributed by atoms with Crippen molar-refractivity contribution in [1.82, 2.24) is 0 Å². The number of carbonyl (C=O) groups is 2. The van der Waals surface area contributed by atoms with Crippen LogP contribution in [0.15, 0.2) is 72.8 Å². The van der Waals surface area contributed by atoms with Gasteiger partial charge in [0, 0.05) is 17.7 Å². The summed E-state index contributed by atoms with van der Waals surface area (Å²) < 4.78 is 26.4. The summed E-state index contributed by atoms with van der Waals surface area (Å²) in [5.74, 6) is -1.43. The fourth-order valence-corrected chi connectivity index (χ4v) is 3.84. The van der Waals surface area contributed by atoms with Crippen LogP contribution in [0.2, 0.25) is 0 Å². The van der Waals surface area contributed by atoms with Crippen LogP contribution in [0, 0.1) is 17.6 Å². The van der Waals surface area contributed by atoms with Crippen molar-refractivity contribution in [2.75, 3.05) is 11.9 Å². The highest BCUT2D eigenvalue weighted by Gasteiger charge is 2.48. The number of hydrogen-bond donors (Lipinski definition) is 2. The number of halogens is 2. The first-order valence-corrected chi connectivity index (χ1v) is 10.2. The molecule has 1 amide bonds. The third-order valence-electron chi connectivity index (χ3n) is 5.40. The van der Waals surface area contributed by atoms with Crippen LogP contribution in [-0.4, -0.2) is 23.8 Å². The normalized spacial score (nSPS) is 17.2. The maximum atomic E-state index is 13.3. The first kappa shape index (κ1) is 23.1. The minimum absolute atomic E-state index is 0.112. The van der Waals surface area contributed by atoms with Crippen molar-refractivity contribution in [2.24, 2.45) is 11.7 Å². The Morgan fingerprint density at radius 2 is 1.44 bits per heavy atom. The van der Waals surface area contributed by atoms with Gasteiger partial charge in [-0.15, -0.1) is 0 Å². The van der Waals surface area contributed by atoms with Crippen LogP contribution in [0.3, 0.4) is 0 Å². The number of phenols is 1. The molecule has 0 saturated carbocycles. The Kier molecular flexibility index (Phi) is 7.33. The summed E-state index contributed by atoms with van der Waals surface area (Å²) in [6, 6.07) is 17.2. The van der Waals surface area contributed by atoms with Gasteiger partial charge in [0.1, 0.15) is 17.4 Å². The van der Waals surface area contributed by atoms with Gasteiger partial charge in [-0.3, -0.25) is 9.59 Å². The minimum atomic E-state index is -0.427. The van der Waals surface area contributed by atoms with E-state index < -0.39 is 17.6 Å². The van der Waals surface area contributed by atoms with Gasteiger partial charge in [0.2, 0.25) is 5.91 Å². The quantitative estimate of drug-likeness (QED) is 0.435. The summed E-state index contributed by atoms with van der Waals surface area (Å²) in [6.45, 7) is 0. The molecule has 1 aliphatic rings. The zero-order chi connectivity index (χ0) is 23.3. The van der Waals surface area contributed by atoms with E-state index in [1.165, 1.54) is 43.4 Å². The molecule has 7 heteroatoms. The van der Waals surface area contributed by atoms with E-state index in [0.717, 1.165) is 5.56 Å². The summed E-state index contributed by atoms with van der Waals surface area (Å²) in [4.78, 5) is 27.0. The van der Waals surface area contributed by atoms with Gasteiger partial charge in [-0.1, -0.05) is 12.1 Å². The number of benzene rings is 3. The number of amides is 1. The molecular weight excluding hydrogens is 414 g/mol. The third kappa shape index (κ3) is 4.84. The lowest BCUT2D eigenvalue weighted by Gasteiger charge is -2.47. The number of hydrogen-bond acceptors (Lipinski definition) is 4. The Labute approximate surface area is 185 Å². The Bertz CT molecular complexity index is 1070. The summed E-state index contributed by atoms with van der Waals surface area (Å²) in [7, 11) is 1.50. The SMILES string of the molecule is CN.O=C(CC[C@H]1C(=O)N(c2ccc(F)cc2)C1c1ccc(O)cc1)c1ccc(F)cc1. The number of phenolic OH excluding ortho intramolecular Hbond substituents is 1. The number of anilines is 1. The molecule has 1 fully saturated rings. The van der Waals surface area contributed by atoms with Crippen molar-refractivity contribution in [3.63, 3.8) is 0 Å². The Morgan fingerprint density at radius 1 is 0.906 bits per heavy atom. The van der Waals surface area contributed by atoms with Crippen molar-refractivity contribution in [3.8, 4) is 5.75 Å². The minimum Gasteiger partial charge on any atom is -0.508 e. The van der Waals surface area contributed by atoms with Gasteiger partial charge in [0.25, 0.3) is 0 Å². The fourth-order valence-electron chi connectivity index (χ4n) is 3.84. The number of nitrogens with zero attached hydrogens (tertiary/aromatic N) is 1. The summed E-state index contributed by atoms with van der Waals surface area (Å²) in [6.07, 6.45) is 0.478. The highest BCUT2D eigenvalue weighted by molar-refractivity contribution is 6.04. The average Bonchev–Trinajstić information content (AvgIpc) is 2.81. The average molecular weight is 438 g/mol. The van der Waals surface area contributed by atoms with Crippen LogP contribution in [0.5, 0.6) is 5.75 Å². The van der Waals surface area contributed by atoms with Crippen LogP contribution in [-0.2, 0) is 4.79 Å². The highest BCUT2D eigenvalue weighted by atomic mass is 19.1. The lowest BCUT2D eigenvalue weighted by Crippen LogP contribution is -2.55. The van der Waals surface area contributed by atoms with Crippen molar-refractivity contribution in [3.05, 3.63) is 95.6 Å².